The maximum absolute atomic E-state index is 14.6. The van der Waals surface area contributed by atoms with Gasteiger partial charge in [-0.3, -0.25) is 5.01 Å². The highest BCUT2D eigenvalue weighted by molar-refractivity contribution is 7.09. The van der Waals surface area contributed by atoms with Crippen LogP contribution in [0.15, 0.2) is 46.4 Å². The zero-order chi connectivity index (χ0) is 26.2. The van der Waals surface area contributed by atoms with Crippen LogP contribution in [0.25, 0.3) is 0 Å². The molecular formula is C23H24F4N8OS. The molecule has 2 aromatic heterocycles. The summed E-state index contributed by atoms with van der Waals surface area (Å²) >= 11 is 1.53. The minimum Gasteiger partial charge on any atom is -0.484 e. The van der Waals surface area contributed by atoms with Gasteiger partial charge >= 0.3 is 6.18 Å². The van der Waals surface area contributed by atoms with E-state index in [0.29, 0.717) is 37.1 Å². The minimum absolute atomic E-state index is 0.126. The van der Waals surface area contributed by atoms with Crippen molar-refractivity contribution >= 4 is 23.0 Å². The van der Waals surface area contributed by atoms with Gasteiger partial charge in [-0.25, -0.2) is 24.4 Å². The van der Waals surface area contributed by atoms with Crippen molar-refractivity contribution in [1.82, 2.24) is 20.0 Å². The molecule has 37 heavy (non-hydrogen) atoms. The number of piperidine rings is 1. The van der Waals surface area contributed by atoms with E-state index in [0.717, 1.165) is 23.8 Å². The van der Waals surface area contributed by atoms with Crippen molar-refractivity contribution in [2.24, 2.45) is 16.4 Å². The summed E-state index contributed by atoms with van der Waals surface area (Å²) in [7, 11) is 1.78. The van der Waals surface area contributed by atoms with Gasteiger partial charge in [0.15, 0.2) is 11.6 Å². The van der Waals surface area contributed by atoms with Crippen LogP contribution in [0, 0.1) is 11.7 Å². The summed E-state index contributed by atoms with van der Waals surface area (Å²) in [5, 5.41) is 13.9. The van der Waals surface area contributed by atoms with Crippen LogP contribution in [0.5, 0.6) is 5.75 Å². The van der Waals surface area contributed by atoms with Crippen molar-refractivity contribution in [1.29, 1.82) is 0 Å². The highest BCUT2D eigenvalue weighted by Gasteiger charge is 2.33. The fourth-order valence-corrected chi connectivity index (χ4v) is 5.38. The molecule has 0 saturated carbocycles. The average molecular weight is 537 g/mol. The van der Waals surface area contributed by atoms with E-state index >= 15 is 0 Å². The molecule has 196 valence electrons. The zero-order valence-electron chi connectivity index (χ0n) is 20.1. The van der Waals surface area contributed by atoms with E-state index in [9.17, 15) is 17.6 Å². The Bertz CT molecular complexity index is 1270. The maximum atomic E-state index is 14.6. The van der Waals surface area contributed by atoms with Crippen molar-refractivity contribution < 1.29 is 22.3 Å². The predicted octanol–water partition coefficient (Wildman–Crippen LogP) is 5.29. The first-order valence-electron chi connectivity index (χ1n) is 11.6. The largest absolute Gasteiger partial charge is 0.484 e. The smallest absolute Gasteiger partial charge is 0.419 e. The number of nitrogens with zero attached hydrogens (tertiary/aromatic N) is 8. The molecule has 0 amide bonds. The molecule has 0 radical (unpaired) electrons. The number of aromatic nitrogens is 3. The van der Waals surface area contributed by atoms with E-state index in [-0.39, 0.29) is 24.2 Å². The summed E-state index contributed by atoms with van der Waals surface area (Å²) in [4.78, 5) is 14.4. The molecule has 1 fully saturated rings. The first-order valence-corrected chi connectivity index (χ1v) is 12.5. The fourth-order valence-electron chi connectivity index (χ4n) is 4.30. The Morgan fingerprint density at radius 3 is 2.59 bits per heavy atom. The van der Waals surface area contributed by atoms with Gasteiger partial charge in [0.1, 0.15) is 13.3 Å². The lowest BCUT2D eigenvalue weighted by Gasteiger charge is -2.36. The van der Waals surface area contributed by atoms with Gasteiger partial charge in [-0.15, -0.1) is 11.3 Å². The Kier molecular flexibility index (Phi) is 6.84. The number of rotatable bonds is 6. The van der Waals surface area contributed by atoms with Crippen LogP contribution in [-0.4, -0.2) is 46.8 Å². The molecule has 0 N–H and O–H groups in total. The summed E-state index contributed by atoms with van der Waals surface area (Å²) in [5.41, 5.74) is 0.425. The Morgan fingerprint density at radius 1 is 1.16 bits per heavy atom. The van der Waals surface area contributed by atoms with Gasteiger partial charge < -0.3 is 9.64 Å². The zero-order valence-corrected chi connectivity index (χ0v) is 20.9. The van der Waals surface area contributed by atoms with E-state index in [2.05, 4.69) is 27.3 Å². The fraction of sp³-hybridized carbons (Fsp3) is 0.435. The van der Waals surface area contributed by atoms with Crippen molar-refractivity contribution in [2.75, 3.05) is 36.7 Å². The van der Waals surface area contributed by atoms with Crippen molar-refractivity contribution in [2.45, 2.75) is 32.0 Å². The molecule has 0 bridgehead atoms. The molecule has 0 spiro atoms. The topological polar surface area (TPSA) is 82.3 Å². The van der Waals surface area contributed by atoms with Crippen LogP contribution in [0.1, 0.15) is 35.5 Å². The van der Waals surface area contributed by atoms with Crippen LogP contribution < -0.4 is 14.6 Å². The van der Waals surface area contributed by atoms with Gasteiger partial charge in [0.05, 0.1) is 22.0 Å². The molecular weight excluding hydrogens is 512 g/mol. The molecule has 2 atom stereocenters. The summed E-state index contributed by atoms with van der Waals surface area (Å²) in [6, 6.07) is 4.64. The highest BCUT2D eigenvalue weighted by atomic mass is 32.1. The molecule has 1 aromatic carbocycles. The third-order valence-electron chi connectivity index (χ3n) is 6.27. The number of hydrogen-bond donors (Lipinski definition) is 0. The number of thiazole rings is 1. The summed E-state index contributed by atoms with van der Waals surface area (Å²) in [6.45, 7) is 3.86. The van der Waals surface area contributed by atoms with Gasteiger partial charge in [0.2, 0.25) is 5.95 Å². The molecule has 2 aliphatic heterocycles. The molecule has 0 aliphatic carbocycles. The van der Waals surface area contributed by atoms with E-state index in [1.165, 1.54) is 17.4 Å². The summed E-state index contributed by atoms with van der Waals surface area (Å²) in [6.07, 6.45) is -2.06. The van der Waals surface area contributed by atoms with Gasteiger partial charge in [-0.05, 0) is 29.7 Å². The average Bonchev–Trinajstić information content (AvgIpc) is 3.52. The van der Waals surface area contributed by atoms with Crippen molar-refractivity contribution in [3.05, 3.63) is 58.1 Å². The third-order valence-corrected chi connectivity index (χ3v) is 7.29. The van der Waals surface area contributed by atoms with E-state index < -0.39 is 17.6 Å². The van der Waals surface area contributed by atoms with Crippen LogP contribution in [-0.2, 0) is 12.8 Å². The lowest BCUT2D eigenvalue weighted by Crippen LogP contribution is -2.39. The minimum atomic E-state index is -4.46. The lowest BCUT2D eigenvalue weighted by molar-refractivity contribution is -0.138. The number of anilines is 2. The Labute approximate surface area is 214 Å². The SMILES string of the molecule is C[C@H]1CN(c2ncc(C(F)(F)F)cn2)CC[C@H]1c1nc(COc2ccc(N3CN(C)N=N3)cc2F)cs1. The first-order chi connectivity index (χ1) is 17.7. The molecule has 4 heterocycles. The second-order valence-corrected chi connectivity index (χ2v) is 9.94. The number of alkyl halides is 3. The number of ether oxygens (including phenoxy) is 1. The lowest BCUT2D eigenvalue weighted by atomic mass is 9.87. The standard InChI is InChI=1S/C23H24F4N8OS/c1-14-10-34(22-28-8-15(9-29-22)23(25,26)27)6-5-18(14)21-30-16(12-37-21)11-36-20-4-3-17(7-19(20)24)35-13-33(2)31-32-35/h3-4,7-9,12,14,18H,5-6,10-11,13H2,1-2H3/t14-,18+/m0/s1. The second-order valence-electron chi connectivity index (χ2n) is 9.05. The Hall–Kier alpha value is -3.55. The molecule has 3 aromatic rings. The van der Waals surface area contributed by atoms with E-state index in [1.54, 1.807) is 29.2 Å². The van der Waals surface area contributed by atoms with Crippen LogP contribution in [0.4, 0.5) is 29.2 Å². The summed E-state index contributed by atoms with van der Waals surface area (Å²) in [5.74, 6) is 0.296. The van der Waals surface area contributed by atoms with E-state index in [4.69, 9.17) is 9.72 Å². The van der Waals surface area contributed by atoms with Crippen molar-refractivity contribution in [3.63, 3.8) is 0 Å². The van der Waals surface area contributed by atoms with E-state index in [1.807, 2.05) is 10.3 Å². The van der Waals surface area contributed by atoms with Crippen LogP contribution >= 0.6 is 11.3 Å². The molecule has 1 saturated heterocycles. The Balaban J connectivity index is 1.17. The van der Waals surface area contributed by atoms with Crippen LogP contribution in [0.3, 0.4) is 0 Å². The van der Waals surface area contributed by atoms with Gasteiger partial charge in [-0.1, -0.05) is 12.1 Å². The number of benzene rings is 1. The number of halogens is 4. The Morgan fingerprint density at radius 2 is 1.95 bits per heavy atom. The highest BCUT2D eigenvalue weighted by Crippen LogP contribution is 2.36. The van der Waals surface area contributed by atoms with Gasteiger partial charge in [0.25, 0.3) is 0 Å². The molecule has 9 nitrogen and oxygen atoms in total. The third kappa shape index (κ3) is 5.58. The predicted molar refractivity (Wildman–Crippen MR) is 129 cm³/mol. The molecule has 14 heteroatoms. The summed E-state index contributed by atoms with van der Waals surface area (Å²) < 4.78 is 58.6. The van der Waals surface area contributed by atoms with Crippen LogP contribution in [0.2, 0.25) is 0 Å². The van der Waals surface area contributed by atoms with Gasteiger partial charge in [-0.2, -0.15) is 13.2 Å². The normalized spacial score (nSPS) is 20.1. The van der Waals surface area contributed by atoms with Crippen molar-refractivity contribution in [3.8, 4) is 5.75 Å². The molecule has 0 unspecified atom stereocenters. The molecule has 5 rings (SSSR count). The maximum Gasteiger partial charge on any atom is 0.419 e. The first kappa shape index (κ1) is 25.1. The molecule has 2 aliphatic rings. The second kappa shape index (κ2) is 10.1. The quantitative estimate of drug-likeness (QED) is 0.396. The van der Waals surface area contributed by atoms with Gasteiger partial charge in [0, 0.05) is 49.9 Å². The monoisotopic (exact) mass is 536 g/mol. The number of hydrogen-bond acceptors (Lipinski definition) is 10.